The maximum absolute atomic E-state index is 12.6. The fourth-order valence-electron chi connectivity index (χ4n) is 5.78. The molecule has 2 N–H and O–H groups in total. The molecule has 0 fully saturated rings. The Kier molecular flexibility index (Phi) is 16.3. The Morgan fingerprint density at radius 2 is 1.24 bits per heavy atom. The molecule has 0 aliphatic heterocycles. The third-order valence-corrected chi connectivity index (χ3v) is 9.63. The van der Waals surface area contributed by atoms with Gasteiger partial charge >= 0.3 is 6.09 Å². The van der Waals surface area contributed by atoms with E-state index in [1.54, 1.807) is 0 Å². The molecule has 0 spiro atoms. The largest absolute Gasteiger partial charge is 0.445 e. The van der Waals surface area contributed by atoms with E-state index in [2.05, 4.69) is 88.8 Å². The van der Waals surface area contributed by atoms with Crippen LogP contribution in [-0.4, -0.2) is 41.1 Å². The number of fused-ring (bicyclic) bond motifs is 2. The first kappa shape index (κ1) is 34.8. The molecule has 3 aromatic rings. The second kappa shape index (κ2) is 19.6. The summed E-state index contributed by atoms with van der Waals surface area (Å²) in [5.74, 6) is 0.162. The van der Waals surface area contributed by atoms with Crippen molar-refractivity contribution < 1.29 is 14.3 Å². The van der Waals surface area contributed by atoms with Crippen LogP contribution in [0.2, 0.25) is 0 Å². The van der Waals surface area contributed by atoms with Gasteiger partial charge in [0.15, 0.2) is 0 Å². The zero-order valence-corrected chi connectivity index (χ0v) is 29.3. The van der Waals surface area contributed by atoms with Crippen LogP contribution in [0.15, 0.2) is 54.6 Å². The molecule has 0 saturated heterocycles. The maximum Gasteiger partial charge on any atom is 0.407 e. The van der Waals surface area contributed by atoms with Crippen molar-refractivity contribution in [3.63, 3.8) is 0 Å². The molecule has 42 heavy (non-hydrogen) atoms. The number of amides is 2. The van der Waals surface area contributed by atoms with Crippen LogP contribution < -0.4 is 10.6 Å². The Morgan fingerprint density at radius 3 is 1.81 bits per heavy atom. The summed E-state index contributed by atoms with van der Waals surface area (Å²) >= 11 is 10.8. The van der Waals surface area contributed by atoms with Crippen LogP contribution in [0, 0.1) is 5.41 Å². The van der Waals surface area contributed by atoms with Crippen LogP contribution in [0.3, 0.4) is 0 Å². The Hall–Kier alpha value is -1.64. The second-order valence-corrected chi connectivity index (χ2v) is 13.5. The number of alkyl carbamates (subject to hydrolysis) is 1. The summed E-state index contributed by atoms with van der Waals surface area (Å²) in [5.41, 5.74) is 1.27. The minimum atomic E-state index is -0.387. The van der Waals surface area contributed by atoms with Gasteiger partial charge in [-0.25, -0.2) is 4.79 Å². The molecule has 0 atom stereocenters. The van der Waals surface area contributed by atoms with Gasteiger partial charge in [0.05, 0.1) is 0 Å². The van der Waals surface area contributed by atoms with E-state index in [1.165, 1.54) is 0 Å². The highest BCUT2D eigenvalue weighted by Gasteiger charge is 2.29. The van der Waals surface area contributed by atoms with Gasteiger partial charge in [-0.05, 0) is 84.4 Å². The van der Waals surface area contributed by atoms with Crippen molar-refractivity contribution in [2.75, 3.05) is 29.1 Å². The number of hydrogen-bond donors (Lipinski definition) is 2. The first-order chi connectivity index (χ1) is 20.5. The van der Waals surface area contributed by atoms with Gasteiger partial charge in [0.1, 0.15) is 6.61 Å². The third-order valence-electron chi connectivity index (χ3n) is 8.11. The van der Waals surface area contributed by atoms with Crippen molar-refractivity contribution in [1.82, 2.24) is 10.6 Å². The van der Waals surface area contributed by atoms with Gasteiger partial charge < -0.3 is 15.4 Å². The highest BCUT2D eigenvalue weighted by atomic mass is 79.9. The zero-order chi connectivity index (χ0) is 30.0. The van der Waals surface area contributed by atoms with E-state index >= 15 is 0 Å². The molecule has 0 aliphatic carbocycles. The van der Waals surface area contributed by atoms with Crippen molar-refractivity contribution in [3.05, 3.63) is 60.2 Å². The highest BCUT2D eigenvalue weighted by Crippen LogP contribution is 2.39. The van der Waals surface area contributed by atoms with E-state index in [9.17, 15) is 9.59 Å². The lowest BCUT2D eigenvalue weighted by atomic mass is 9.73. The molecule has 8 heteroatoms. The molecule has 3 aromatic carbocycles. The van der Waals surface area contributed by atoms with Crippen molar-refractivity contribution in [3.8, 4) is 0 Å². The summed E-state index contributed by atoms with van der Waals surface area (Å²) < 4.78 is 5.62. The number of ether oxygens (including phenoxy) is 1. The van der Waals surface area contributed by atoms with E-state index in [1.807, 2.05) is 24.3 Å². The number of carbonyl (C=O) groups excluding carboxylic acids is 2. The van der Waals surface area contributed by atoms with Crippen molar-refractivity contribution in [2.45, 2.75) is 77.2 Å². The number of carbonyl (C=O) groups is 2. The molecular weight excluding hydrogens is 724 g/mol. The minimum Gasteiger partial charge on any atom is -0.445 e. The lowest BCUT2D eigenvalue weighted by Gasteiger charge is -2.33. The highest BCUT2D eigenvalue weighted by molar-refractivity contribution is 9.09. The monoisotopic (exact) mass is 766 g/mol. The Labute approximate surface area is 276 Å². The summed E-state index contributed by atoms with van der Waals surface area (Å²) in [6.07, 6.45) is 10.7. The molecule has 230 valence electrons. The number of unbranched alkanes of at least 4 members (excludes halogenated alkanes) is 3. The molecule has 3 rings (SSSR count). The summed E-state index contributed by atoms with van der Waals surface area (Å²) in [6, 6.07) is 18.6. The van der Waals surface area contributed by atoms with Gasteiger partial charge in [-0.15, -0.1) is 0 Å². The van der Waals surface area contributed by atoms with Crippen molar-refractivity contribution in [1.29, 1.82) is 0 Å². The summed E-state index contributed by atoms with van der Waals surface area (Å²) in [7, 11) is 0. The molecule has 0 heterocycles. The maximum atomic E-state index is 12.6. The zero-order valence-electron chi connectivity index (χ0n) is 24.6. The van der Waals surface area contributed by atoms with E-state index in [4.69, 9.17) is 4.74 Å². The fraction of sp³-hybridized carbons (Fsp3) is 0.529. The summed E-state index contributed by atoms with van der Waals surface area (Å²) in [4.78, 5) is 25.0. The first-order valence-electron chi connectivity index (χ1n) is 15.3. The molecule has 0 bridgehead atoms. The summed E-state index contributed by atoms with van der Waals surface area (Å²) in [6.45, 7) is 1.53. The number of nitrogens with one attached hydrogen (secondary N) is 2. The Morgan fingerprint density at radius 1 is 0.667 bits per heavy atom. The Bertz CT molecular complexity index is 1190. The molecule has 0 aromatic heterocycles. The van der Waals surface area contributed by atoms with Crippen molar-refractivity contribution >= 4 is 81.3 Å². The van der Waals surface area contributed by atoms with Crippen LogP contribution in [0.5, 0.6) is 0 Å². The topological polar surface area (TPSA) is 67.4 Å². The van der Waals surface area contributed by atoms with Crippen LogP contribution >= 0.6 is 47.8 Å². The number of benzene rings is 3. The molecule has 2 amide bonds. The molecule has 0 aliphatic rings. The minimum absolute atomic E-state index is 0.162. The van der Waals surface area contributed by atoms with Gasteiger partial charge in [0, 0.05) is 41.1 Å². The Balaban J connectivity index is 1.30. The van der Waals surface area contributed by atoms with E-state index in [0.29, 0.717) is 19.5 Å². The van der Waals surface area contributed by atoms with Gasteiger partial charge in [0.2, 0.25) is 5.91 Å². The molecule has 0 saturated carbocycles. The number of halogens is 3. The standard InChI is InChI=1S/C34H45Br3N2O3/c35-20-9-16-34(19-22-37,17-10-21-36)18-15-32(40)38-23-7-1-2-8-24-39-33(41)42-26-31-29-13-5-3-11-27(29)25-28-12-4-6-14-30(28)31/h3-6,11-14,25H,1-2,7-10,15-24,26H2,(H,38,40)(H,39,41). The van der Waals surface area contributed by atoms with Gasteiger partial charge in [-0.2, -0.15) is 0 Å². The average Bonchev–Trinajstić information content (AvgIpc) is 3.01. The fourth-order valence-corrected chi connectivity index (χ4v) is 7.18. The third kappa shape index (κ3) is 11.5. The predicted octanol–water partition coefficient (Wildman–Crippen LogP) is 9.80. The van der Waals surface area contributed by atoms with Crippen molar-refractivity contribution in [2.24, 2.45) is 5.41 Å². The number of rotatable bonds is 20. The quantitative estimate of drug-likeness (QED) is 0.0684. The SMILES string of the molecule is O=C(CCC(CCBr)(CCCBr)CCCBr)NCCCCCCNC(=O)OCc1c2ccccc2cc2ccccc12. The van der Waals surface area contributed by atoms with Gasteiger partial charge in [-0.3, -0.25) is 4.79 Å². The average molecular weight is 769 g/mol. The van der Waals surface area contributed by atoms with Crippen LogP contribution in [0.4, 0.5) is 4.79 Å². The molecule has 0 radical (unpaired) electrons. The lowest BCUT2D eigenvalue weighted by Crippen LogP contribution is -2.29. The number of alkyl halides is 3. The van der Waals surface area contributed by atoms with Crippen LogP contribution in [-0.2, 0) is 16.1 Å². The molecule has 5 nitrogen and oxygen atoms in total. The normalized spacial score (nSPS) is 11.6. The van der Waals surface area contributed by atoms with Gasteiger partial charge in [-0.1, -0.05) is 109 Å². The smallest absolute Gasteiger partial charge is 0.407 e. The van der Waals surface area contributed by atoms with E-state index < -0.39 is 0 Å². The molecule has 0 unspecified atom stereocenters. The van der Waals surface area contributed by atoms with Crippen LogP contribution in [0.1, 0.15) is 76.2 Å². The second-order valence-electron chi connectivity index (χ2n) is 11.1. The summed E-state index contributed by atoms with van der Waals surface area (Å²) in [5, 5.41) is 13.5. The van der Waals surface area contributed by atoms with Gasteiger partial charge in [0.25, 0.3) is 0 Å². The van der Waals surface area contributed by atoms with Crippen LogP contribution in [0.25, 0.3) is 21.5 Å². The van der Waals surface area contributed by atoms with E-state index in [0.717, 1.165) is 107 Å². The van der Waals surface area contributed by atoms with E-state index in [-0.39, 0.29) is 24.0 Å². The first-order valence-corrected chi connectivity index (χ1v) is 18.6. The lowest BCUT2D eigenvalue weighted by molar-refractivity contribution is -0.121. The molecular formula is C34H45Br3N2O3. The predicted molar refractivity (Wildman–Crippen MR) is 187 cm³/mol. The number of hydrogen-bond acceptors (Lipinski definition) is 3.